The molecule has 0 spiro atoms. The van der Waals surface area contributed by atoms with Crippen LogP contribution in [0.4, 0.5) is 8.78 Å². The van der Waals surface area contributed by atoms with Gasteiger partial charge in [-0.05, 0) is 50.2 Å². The second-order valence-corrected chi connectivity index (χ2v) is 6.37. The lowest BCUT2D eigenvalue weighted by molar-refractivity contribution is 0.0695. The van der Waals surface area contributed by atoms with E-state index in [4.69, 9.17) is 10.9 Å². The van der Waals surface area contributed by atoms with E-state index in [1.54, 1.807) is 29.8 Å². The highest BCUT2D eigenvalue weighted by Gasteiger charge is 2.11. The number of aromatic nitrogens is 3. The van der Waals surface area contributed by atoms with Gasteiger partial charge in [-0.1, -0.05) is 12.1 Å². The lowest BCUT2D eigenvalue weighted by atomic mass is 10.2. The number of carboxylic acids is 1. The third kappa shape index (κ3) is 4.37. The van der Waals surface area contributed by atoms with Gasteiger partial charge in [-0.3, -0.25) is 4.68 Å². The zero-order valence-corrected chi connectivity index (χ0v) is 15.7. The van der Waals surface area contributed by atoms with Crippen molar-refractivity contribution in [3.63, 3.8) is 0 Å². The van der Waals surface area contributed by atoms with E-state index in [2.05, 4.69) is 9.97 Å². The molecule has 0 amide bonds. The average Bonchev–Trinajstić information content (AvgIpc) is 2.95. The summed E-state index contributed by atoms with van der Waals surface area (Å²) in [4.78, 5) is 18.7. The normalized spacial score (nSPS) is 10.5. The van der Waals surface area contributed by atoms with Crippen LogP contribution in [-0.4, -0.2) is 25.7 Å². The smallest absolute Gasteiger partial charge is 0.339 e. The van der Waals surface area contributed by atoms with E-state index < -0.39 is 5.97 Å². The van der Waals surface area contributed by atoms with Gasteiger partial charge in [0, 0.05) is 22.8 Å². The second-order valence-electron chi connectivity index (χ2n) is 6.37. The minimum absolute atomic E-state index is 0.0464. The van der Waals surface area contributed by atoms with Crippen LogP contribution < -0.4 is 5.84 Å². The topological polar surface area (TPSA) is 94.0 Å². The summed E-state index contributed by atoms with van der Waals surface area (Å²) in [6.07, 6.45) is 1.23. The monoisotopic (exact) mass is 396 g/mol. The predicted molar refractivity (Wildman–Crippen MR) is 106 cm³/mol. The molecule has 0 saturated heterocycles. The number of nitrogens with two attached hydrogens (primary N) is 1. The van der Waals surface area contributed by atoms with Crippen LogP contribution in [0.15, 0.2) is 54.7 Å². The highest BCUT2D eigenvalue weighted by Crippen LogP contribution is 2.18. The standard InChI is InChI=1S/C12H9FN2O2.C9H9FN2/c1-7-10(12(16)17)6-14-11(15-7)8-3-2-4-9(13)5-8;1-6-4-7-5-8(10)2-3-9(7)12(6)11/h2-6H,1H3,(H,16,17);2-5H,11H2,1H3. The van der Waals surface area contributed by atoms with Crippen molar-refractivity contribution >= 4 is 16.9 Å². The van der Waals surface area contributed by atoms with Crippen molar-refractivity contribution in [2.75, 3.05) is 5.84 Å². The fourth-order valence-electron chi connectivity index (χ4n) is 2.79. The summed E-state index contributed by atoms with van der Waals surface area (Å²) in [5, 5.41) is 9.67. The third-order valence-corrected chi connectivity index (χ3v) is 4.29. The molecule has 0 saturated carbocycles. The molecule has 2 aromatic heterocycles. The first-order chi connectivity index (χ1) is 13.8. The second kappa shape index (κ2) is 8.05. The van der Waals surface area contributed by atoms with Crippen molar-refractivity contribution < 1.29 is 18.7 Å². The minimum Gasteiger partial charge on any atom is -0.478 e. The Morgan fingerprint density at radius 1 is 1.07 bits per heavy atom. The van der Waals surface area contributed by atoms with Gasteiger partial charge >= 0.3 is 5.97 Å². The number of benzene rings is 2. The van der Waals surface area contributed by atoms with Crippen LogP contribution in [0.3, 0.4) is 0 Å². The Kier molecular flexibility index (Phi) is 5.54. The number of hydrogen-bond donors (Lipinski definition) is 2. The fraction of sp³-hybridized carbons (Fsp3) is 0.0952. The first kappa shape index (κ1) is 19.9. The van der Waals surface area contributed by atoms with Crippen molar-refractivity contribution in [1.82, 2.24) is 14.6 Å². The van der Waals surface area contributed by atoms with Crippen LogP contribution in [0.1, 0.15) is 21.7 Å². The highest BCUT2D eigenvalue weighted by atomic mass is 19.1. The number of nitrogen functional groups attached to an aromatic ring is 1. The van der Waals surface area contributed by atoms with Gasteiger partial charge in [0.25, 0.3) is 0 Å². The largest absolute Gasteiger partial charge is 0.478 e. The number of carboxylic acid groups (broad SMARTS) is 1. The molecule has 2 aromatic carbocycles. The Bertz CT molecular complexity index is 1200. The number of aryl methyl sites for hydroxylation is 2. The van der Waals surface area contributed by atoms with E-state index in [0.717, 1.165) is 16.6 Å². The molecule has 0 atom stereocenters. The Hall–Kier alpha value is -3.81. The van der Waals surface area contributed by atoms with E-state index in [1.807, 2.05) is 13.0 Å². The van der Waals surface area contributed by atoms with Crippen molar-refractivity contribution in [2.24, 2.45) is 0 Å². The molecule has 0 bridgehead atoms. The van der Waals surface area contributed by atoms with E-state index in [0.29, 0.717) is 17.1 Å². The van der Waals surface area contributed by atoms with Gasteiger partial charge in [-0.2, -0.15) is 0 Å². The molecular formula is C21H18F2N4O2. The molecule has 0 aliphatic heterocycles. The maximum atomic E-state index is 13.0. The molecule has 148 valence electrons. The minimum atomic E-state index is -1.08. The number of nitrogens with zero attached hydrogens (tertiary/aromatic N) is 3. The summed E-state index contributed by atoms with van der Waals surface area (Å²) < 4.78 is 27.3. The van der Waals surface area contributed by atoms with E-state index in [-0.39, 0.29) is 17.2 Å². The molecule has 29 heavy (non-hydrogen) atoms. The summed E-state index contributed by atoms with van der Waals surface area (Å²) in [7, 11) is 0. The zero-order chi connectivity index (χ0) is 21.1. The molecular weight excluding hydrogens is 378 g/mol. The van der Waals surface area contributed by atoms with Crippen LogP contribution in [-0.2, 0) is 0 Å². The van der Waals surface area contributed by atoms with E-state index >= 15 is 0 Å². The Labute approximate surface area is 165 Å². The number of halogens is 2. The molecule has 0 unspecified atom stereocenters. The average molecular weight is 396 g/mol. The molecule has 0 aliphatic carbocycles. The summed E-state index contributed by atoms with van der Waals surface area (Å²) in [5.74, 6) is 4.31. The zero-order valence-electron chi connectivity index (χ0n) is 15.7. The lowest BCUT2D eigenvalue weighted by Gasteiger charge is -2.03. The van der Waals surface area contributed by atoms with Crippen molar-refractivity contribution in [3.8, 4) is 11.4 Å². The maximum absolute atomic E-state index is 13.0. The molecule has 0 fully saturated rings. The summed E-state index contributed by atoms with van der Waals surface area (Å²) in [5.41, 5.74) is 2.70. The molecule has 6 nitrogen and oxygen atoms in total. The fourth-order valence-corrected chi connectivity index (χ4v) is 2.79. The van der Waals surface area contributed by atoms with Crippen LogP contribution in [0.5, 0.6) is 0 Å². The van der Waals surface area contributed by atoms with Crippen molar-refractivity contribution in [1.29, 1.82) is 0 Å². The summed E-state index contributed by atoms with van der Waals surface area (Å²) in [6, 6.07) is 12.3. The van der Waals surface area contributed by atoms with Gasteiger partial charge in [0.2, 0.25) is 0 Å². The van der Waals surface area contributed by atoms with Crippen molar-refractivity contribution in [3.05, 3.63) is 83.3 Å². The maximum Gasteiger partial charge on any atom is 0.339 e. The Morgan fingerprint density at radius 2 is 1.79 bits per heavy atom. The molecule has 2 heterocycles. The van der Waals surface area contributed by atoms with Gasteiger partial charge in [-0.25, -0.2) is 23.5 Å². The number of fused-ring (bicyclic) bond motifs is 1. The Balaban J connectivity index is 0.000000176. The van der Waals surface area contributed by atoms with E-state index in [9.17, 15) is 13.6 Å². The van der Waals surface area contributed by atoms with Gasteiger partial charge in [0.15, 0.2) is 5.82 Å². The molecule has 4 aromatic rings. The van der Waals surface area contributed by atoms with Gasteiger partial charge in [-0.15, -0.1) is 0 Å². The quantitative estimate of drug-likeness (QED) is 0.498. The van der Waals surface area contributed by atoms with Crippen LogP contribution in [0.2, 0.25) is 0 Å². The Morgan fingerprint density at radius 3 is 2.45 bits per heavy atom. The first-order valence-corrected chi connectivity index (χ1v) is 8.62. The third-order valence-electron chi connectivity index (χ3n) is 4.29. The predicted octanol–water partition coefficient (Wildman–Crippen LogP) is 4.09. The SMILES string of the molecule is Cc1cc2cc(F)ccc2n1N.Cc1nc(-c2cccc(F)c2)ncc1C(=O)O. The van der Waals surface area contributed by atoms with Crippen LogP contribution in [0.25, 0.3) is 22.3 Å². The number of rotatable bonds is 2. The van der Waals surface area contributed by atoms with Crippen LogP contribution in [0, 0.1) is 25.5 Å². The number of hydrogen-bond acceptors (Lipinski definition) is 4. The molecule has 0 aliphatic rings. The highest BCUT2D eigenvalue weighted by molar-refractivity contribution is 5.88. The number of carbonyl (C=O) groups is 1. The van der Waals surface area contributed by atoms with Gasteiger partial charge in [0.05, 0.1) is 16.8 Å². The molecule has 4 rings (SSSR count). The summed E-state index contributed by atoms with van der Waals surface area (Å²) in [6.45, 7) is 3.46. The van der Waals surface area contributed by atoms with E-state index in [1.165, 1.54) is 30.5 Å². The van der Waals surface area contributed by atoms with Gasteiger partial charge < -0.3 is 10.9 Å². The summed E-state index contributed by atoms with van der Waals surface area (Å²) >= 11 is 0. The van der Waals surface area contributed by atoms with Gasteiger partial charge in [0.1, 0.15) is 11.6 Å². The molecule has 8 heteroatoms. The molecule has 0 radical (unpaired) electrons. The first-order valence-electron chi connectivity index (χ1n) is 8.62. The lowest BCUT2D eigenvalue weighted by Crippen LogP contribution is -2.08. The molecule has 3 N–H and O–H groups in total. The van der Waals surface area contributed by atoms with Crippen LogP contribution >= 0.6 is 0 Å². The number of aromatic carboxylic acids is 1. The van der Waals surface area contributed by atoms with Crippen molar-refractivity contribution in [2.45, 2.75) is 13.8 Å².